The number of hydrogen-bond acceptors (Lipinski definition) is 6. The molecule has 2 aliphatic heterocycles. The van der Waals surface area contributed by atoms with Crippen LogP contribution in [0.2, 0.25) is 0 Å². The van der Waals surface area contributed by atoms with Gasteiger partial charge in [0.2, 0.25) is 12.7 Å². The number of hydrogen-bond donors (Lipinski definition) is 1. The van der Waals surface area contributed by atoms with E-state index in [9.17, 15) is 9.59 Å². The topological polar surface area (TPSA) is 91.1 Å². The van der Waals surface area contributed by atoms with Gasteiger partial charge in [-0.3, -0.25) is 4.79 Å². The second kappa shape index (κ2) is 7.80. The van der Waals surface area contributed by atoms with Crippen LogP contribution in [0.5, 0.6) is 11.5 Å². The lowest BCUT2D eigenvalue weighted by molar-refractivity contribution is -0.122. The van der Waals surface area contributed by atoms with Crippen molar-refractivity contribution in [2.45, 2.75) is 19.4 Å². The van der Waals surface area contributed by atoms with Gasteiger partial charge in [-0.1, -0.05) is 6.07 Å². The number of fused-ring (bicyclic) bond motifs is 1. The van der Waals surface area contributed by atoms with E-state index < -0.39 is 5.97 Å². The molecule has 2 aliphatic rings. The number of carbonyl (C=O) groups excluding carboxylic acids is 2. The summed E-state index contributed by atoms with van der Waals surface area (Å²) in [7, 11) is 0. The van der Waals surface area contributed by atoms with Crippen molar-refractivity contribution in [2.75, 3.05) is 24.8 Å². The van der Waals surface area contributed by atoms with Crippen LogP contribution in [-0.4, -0.2) is 31.8 Å². The summed E-state index contributed by atoms with van der Waals surface area (Å²) in [5.41, 5.74) is 7.72. The van der Waals surface area contributed by atoms with E-state index in [1.807, 2.05) is 24.3 Å². The predicted octanol–water partition coefficient (Wildman–Crippen LogP) is 2.47. The highest BCUT2D eigenvalue weighted by molar-refractivity contribution is 5.89. The average Bonchev–Trinajstić information content (AvgIpc) is 3.20. The number of carbonyl (C=O) groups is 2. The molecule has 0 saturated carbocycles. The van der Waals surface area contributed by atoms with Gasteiger partial charge >= 0.3 is 5.97 Å². The first-order chi connectivity index (χ1) is 13.6. The van der Waals surface area contributed by atoms with Gasteiger partial charge in [-0.25, -0.2) is 4.79 Å². The fourth-order valence-electron chi connectivity index (χ4n) is 3.52. The van der Waals surface area contributed by atoms with Gasteiger partial charge in [0.05, 0.1) is 11.5 Å². The maximum Gasteiger partial charge on any atom is 0.338 e. The smallest absolute Gasteiger partial charge is 0.338 e. The molecule has 7 heteroatoms. The Morgan fingerprint density at radius 3 is 2.68 bits per heavy atom. The minimum atomic E-state index is -0.391. The largest absolute Gasteiger partial charge is 0.457 e. The predicted molar refractivity (Wildman–Crippen MR) is 102 cm³/mol. The van der Waals surface area contributed by atoms with E-state index in [1.165, 1.54) is 0 Å². The molecular weight excluding hydrogens is 360 g/mol. The molecule has 7 nitrogen and oxygen atoms in total. The number of ether oxygens (including phenoxy) is 3. The van der Waals surface area contributed by atoms with Gasteiger partial charge in [0, 0.05) is 18.8 Å². The first kappa shape index (κ1) is 18.2. The monoisotopic (exact) mass is 382 g/mol. The maximum absolute atomic E-state index is 12.3. The number of primary amides is 1. The molecule has 4 rings (SSSR count). The summed E-state index contributed by atoms with van der Waals surface area (Å²) in [6.45, 7) is 1.85. The van der Waals surface area contributed by atoms with Crippen molar-refractivity contribution < 1.29 is 23.8 Å². The van der Waals surface area contributed by atoms with Crippen LogP contribution in [0.25, 0.3) is 0 Å². The molecule has 2 N–H and O–H groups in total. The molecule has 0 aliphatic carbocycles. The van der Waals surface area contributed by atoms with Gasteiger partial charge in [-0.15, -0.1) is 0 Å². The highest BCUT2D eigenvalue weighted by Crippen LogP contribution is 2.32. The van der Waals surface area contributed by atoms with Gasteiger partial charge < -0.3 is 24.8 Å². The van der Waals surface area contributed by atoms with E-state index >= 15 is 0 Å². The molecule has 2 heterocycles. The van der Waals surface area contributed by atoms with Gasteiger partial charge in [0.25, 0.3) is 0 Å². The molecule has 28 heavy (non-hydrogen) atoms. The van der Waals surface area contributed by atoms with E-state index in [-0.39, 0.29) is 25.2 Å². The fraction of sp³-hybridized carbons (Fsp3) is 0.333. The van der Waals surface area contributed by atoms with E-state index in [2.05, 4.69) is 4.90 Å². The summed E-state index contributed by atoms with van der Waals surface area (Å²) in [6.07, 6.45) is 1.75. The summed E-state index contributed by atoms with van der Waals surface area (Å²) < 4.78 is 16.0. The molecule has 0 aromatic heterocycles. The van der Waals surface area contributed by atoms with Gasteiger partial charge in [-0.2, -0.15) is 0 Å². The first-order valence-electron chi connectivity index (χ1n) is 9.30. The number of benzene rings is 2. The second-order valence-electron chi connectivity index (χ2n) is 7.00. The molecule has 2 aromatic rings. The molecule has 1 amide bonds. The minimum absolute atomic E-state index is 0.125. The van der Waals surface area contributed by atoms with Gasteiger partial charge in [-0.05, 0) is 54.8 Å². The summed E-state index contributed by atoms with van der Waals surface area (Å²) in [4.78, 5) is 25.9. The van der Waals surface area contributed by atoms with Crippen molar-refractivity contribution in [1.29, 1.82) is 0 Å². The molecule has 0 unspecified atom stereocenters. The SMILES string of the molecule is NC(=O)[C@@H]1CCCN(c2ccc(C(=O)OCc3ccc4c(c3)OCO4)cc2)C1. The highest BCUT2D eigenvalue weighted by atomic mass is 16.7. The number of piperidine rings is 1. The number of amides is 1. The van der Waals surface area contributed by atoms with Crippen molar-refractivity contribution in [3.8, 4) is 11.5 Å². The van der Waals surface area contributed by atoms with E-state index in [0.717, 1.165) is 30.6 Å². The molecule has 1 atom stereocenters. The summed E-state index contributed by atoms with van der Waals surface area (Å²) in [5, 5.41) is 0. The number of nitrogens with two attached hydrogens (primary N) is 1. The van der Waals surface area contributed by atoms with Crippen molar-refractivity contribution in [3.05, 3.63) is 53.6 Å². The van der Waals surface area contributed by atoms with Crippen molar-refractivity contribution in [3.63, 3.8) is 0 Å². The third-order valence-electron chi connectivity index (χ3n) is 5.10. The Morgan fingerprint density at radius 2 is 1.89 bits per heavy atom. The maximum atomic E-state index is 12.3. The first-order valence-corrected chi connectivity index (χ1v) is 9.30. The van der Waals surface area contributed by atoms with E-state index in [4.69, 9.17) is 19.9 Å². The molecule has 0 spiro atoms. The normalized spacial score (nSPS) is 18.0. The third kappa shape index (κ3) is 3.88. The van der Waals surface area contributed by atoms with Crippen molar-refractivity contribution in [1.82, 2.24) is 0 Å². The van der Waals surface area contributed by atoms with Crippen LogP contribution in [-0.2, 0) is 16.1 Å². The zero-order chi connectivity index (χ0) is 19.5. The highest BCUT2D eigenvalue weighted by Gasteiger charge is 2.24. The number of rotatable bonds is 5. The standard InChI is InChI=1S/C21H22N2O5/c22-20(24)16-2-1-9-23(11-16)17-6-4-15(5-7-17)21(25)26-12-14-3-8-18-19(10-14)28-13-27-18/h3-8,10,16H,1-2,9,11-13H2,(H2,22,24)/t16-/m1/s1. The Labute approximate surface area is 163 Å². The molecular formula is C21H22N2O5. The molecule has 2 aromatic carbocycles. The molecule has 1 fully saturated rings. The fourth-order valence-corrected chi connectivity index (χ4v) is 3.52. The quantitative estimate of drug-likeness (QED) is 0.799. The number of esters is 1. The summed E-state index contributed by atoms with van der Waals surface area (Å²) in [6, 6.07) is 12.7. The van der Waals surface area contributed by atoms with Crippen LogP contribution >= 0.6 is 0 Å². The summed E-state index contributed by atoms with van der Waals surface area (Å²) >= 11 is 0. The zero-order valence-electron chi connectivity index (χ0n) is 15.4. The Morgan fingerprint density at radius 1 is 1.11 bits per heavy atom. The van der Waals surface area contributed by atoms with Crippen LogP contribution < -0.4 is 20.1 Å². The van der Waals surface area contributed by atoms with Gasteiger partial charge in [0.15, 0.2) is 11.5 Å². The molecule has 146 valence electrons. The van der Waals surface area contributed by atoms with Crippen molar-refractivity contribution in [2.24, 2.45) is 11.7 Å². The zero-order valence-corrected chi connectivity index (χ0v) is 15.4. The van der Waals surface area contributed by atoms with Gasteiger partial charge in [0.1, 0.15) is 6.61 Å². The Hall–Kier alpha value is -3.22. The van der Waals surface area contributed by atoms with Crippen LogP contribution in [0.15, 0.2) is 42.5 Å². The lowest BCUT2D eigenvalue weighted by Gasteiger charge is -2.33. The van der Waals surface area contributed by atoms with Crippen LogP contribution in [0, 0.1) is 5.92 Å². The second-order valence-corrected chi connectivity index (χ2v) is 7.00. The Balaban J connectivity index is 1.35. The molecule has 1 saturated heterocycles. The lowest BCUT2D eigenvalue weighted by Crippen LogP contribution is -2.41. The average molecular weight is 382 g/mol. The van der Waals surface area contributed by atoms with Crippen LogP contribution in [0.1, 0.15) is 28.8 Å². The summed E-state index contributed by atoms with van der Waals surface area (Å²) in [5.74, 6) is 0.585. The minimum Gasteiger partial charge on any atom is -0.457 e. The Kier molecular flexibility index (Phi) is 5.06. The van der Waals surface area contributed by atoms with E-state index in [1.54, 1.807) is 18.2 Å². The number of nitrogens with zero attached hydrogens (tertiary/aromatic N) is 1. The van der Waals surface area contributed by atoms with Crippen molar-refractivity contribution >= 4 is 17.6 Å². The Bertz CT molecular complexity index is 881. The number of anilines is 1. The lowest BCUT2D eigenvalue weighted by atomic mass is 9.97. The van der Waals surface area contributed by atoms with E-state index in [0.29, 0.717) is 23.6 Å². The van der Waals surface area contributed by atoms with Crippen LogP contribution in [0.4, 0.5) is 5.69 Å². The third-order valence-corrected chi connectivity index (χ3v) is 5.10. The van der Waals surface area contributed by atoms with Crippen LogP contribution in [0.3, 0.4) is 0 Å². The molecule has 0 bridgehead atoms. The molecule has 0 radical (unpaired) electrons.